The van der Waals surface area contributed by atoms with Crippen molar-refractivity contribution in [2.24, 2.45) is 0 Å². The third-order valence-corrected chi connectivity index (χ3v) is 5.17. The number of unbranched alkanes of at least 4 members (excludes halogenated alkanes) is 1. The Morgan fingerprint density at radius 3 is 2.64 bits per heavy atom. The van der Waals surface area contributed by atoms with Gasteiger partial charge in [0.05, 0.1) is 0 Å². The minimum Gasteiger partial charge on any atom is -0.396 e. The average Bonchev–Trinajstić information content (AvgIpc) is 3.22. The van der Waals surface area contributed by atoms with Crippen molar-refractivity contribution in [2.75, 3.05) is 31.1 Å². The SMILES string of the molecule is OCCCCN(Cc1c(Cl)cccc1N1CCCC1)C1CC1. The number of aliphatic hydroxyl groups excluding tert-OH is 1. The Morgan fingerprint density at radius 2 is 1.95 bits per heavy atom. The van der Waals surface area contributed by atoms with E-state index in [4.69, 9.17) is 16.7 Å². The summed E-state index contributed by atoms with van der Waals surface area (Å²) in [6, 6.07) is 7.05. The van der Waals surface area contributed by atoms with Crippen LogP contribution in [0.1, 0.15) is 44.1 Å². The largest absolute Gasteiger partial charge is 0.396 e. The summed E-state index contributed by atoms with van der Waals surface area (Å²) >= 11 is 6.54. The lowest BCUT2D eigenvalue weighted by molar-refractivity contribution is 0.229. The molecule has 1 saturated carbocycles. The second-order valence-corrected chi connectivity index (χ2v) is 6.97. The number of aliphatic hydroxyl groups is 1. The van der Waals surface area contributed by atoms with Crippen molar-refractivity contribution in [2.45, 2.75) is 51.1 Å². The highest BCUT2D eigenvalue weighted by Gasteiger charge is 2.30. The van der Waals surface area contributed by atoms with Crippen LogP contribution >= 0.6 is 11.6 Å². The highest BCUT2D eigenvalue weighted by molar-refractivity contribution is 6.31. The predicted molar refractivity (Wildman–Crippen MR) is 92.7 cm³/mol. The molecule has 1 aromatic rings. The molecule has 1 aliphatic carbocycles. The molecular formula is C18H27ClN2O. The normalized spacial score (nSPS) is 18.4. The average molecular weight is 323 g/mol. The molecule has 1 N–H and O–H groups in total. The maximum Gasteiger partial charge on any atom is 0.0471 e. The van der Waals surface area contributed by atoms with Crippen LogP contribution in [0.4, 0.5) is 5.69 Å². The summed E-state index contributed by atoms with van der Waals surface area (Å²) in [5.74, 6) is 0. The van der Waals surface area contributed by atoms with E-state index >= 15 is 0 Å². The molecular weight excluding hydrogens is 296 g/mol. The maximum atomic E-state index is 9.01. The number of hydrogen-bond acceptors (Lipinski definition) is 3. The smallest absolute Gasteiger partial charge is 0.0471 e. The van der Waals surface area contributed by atoms with Crippen molar-refractivity contribution in [1.82, 2.24) is 4.90 Å². The number of anilines is 1. The van der Waals surface area contributed by atoms with Crippen molar-refractivity contribution >= 4 is 17.3 Å². The fourth-order valence-electron chi connectivity index (χ4n) is 3.42. The van der Waals surface area contributed by atoms with E-state index in [1.54, 1.807) is 0 Å². The standard InChI is InChI=1S/C18H27ClN2O/c19-17-6-5-7-18(20-10-1-2-11-20)16(17)14-21(15-8-9-15)12-3-4-13-22/h5-7,15,22H,1-4,8-14H2. The Bertz CT molecular complexity index is 484. The van der Waals surface area contributed by atoms with E-state index in [9.17, 15) is 0 Å². The molecule has 0 spiro atoms. The Labute approximate surface area is 138 Å². The Morgan fingerprint density at radius 1 is 1.18 bits per heavy atom. The molecule has 0 unspecified atom stereocenters. The van der Waals surface area contributed by atoms with E-state index in [0.29, 0.717) is 6.61 Å². The summed E-state index contributed by atoms with van der Waals surface area (Å²) < 4.78 is 0. The summed E-state index contributed by atoms with van der Waals surface area (Å²) in [6.07, 6.45) is 7.15. The number of halogens is 1. The first-order chi connectivity index (χ1) is 10.8. The van der Waals surface area contributed by atoms with Crippen LogP contribution in [0.15, 0.2) is 18.2 Å². The van der Waals surface area contributed by atoms with Gasteiger partial charge >= 0.3 is 0 Å². The van der Waals surface area contributed by atoms with Crippen molar-refractivity contribution in [1.29, 1.82) is 0 Å². The fraction of sp³-hybridized carbons (Fsp3) is 0.667. The Hall–Kier alpha value is -0.770. The number of nitrogens with zero attached hydrogens (tertiary/aromatic N) is 2. The highest BCUT2D eigenvalue weighted by atomic mass is 35.5. The van der Waals surface area contributed by atoms with Gasteiger partial charge in [0.25, 0.3) is 0 Å². The lowest BCUT2D eigenvalue weighted by Gasteiger charge is -2.27. The first kappa shape index (κ1) is 16.1. The zero-order valence-corrected chi connectivity index (χ0v) is 14.1. The highest BCUT2D eigenvalue weighted by Crippen LogP contribution is 2.35. The fourth-order valence-corrected chi connectivity index (χ4v) is 3.65. The van der Waals surface area contributed by atoms with Gasteiger partial charge < -0.3 is 10.0 Å². The summed E-state index contributed by atoms with van der Waals surface area (Å²) in [7, 11) is 0. The van der Waals surface area contributed by atoms with Crippen molar-refractivity contribution in [3.05, 3.63) is 28.8 Å². The lowest BCUT2D eigenvalue weighted by atomic mass is 10.1. The summed E-state index contributed by atoms with van der Waals surface area (Å²) in [4.78, 5) is 5.05. The molecule has 122 valence electrons. The van der Waals surface area contributed by atoms with Gasteiger partial charge in [0.2, 0.25) is 0 Å². The number of hydrogen-bond donors (Lipinski definition) is 1. The molecule has 0 bridgehead atoms. The number of benzene rings is 1. The van der Waals surface area contributed by atoms with Crippen molar-refractivity contribution in [3.8, 4) is 0 Å². The number of rotatable bonds is 8. The molecule has 1 heterocycles. The third-order valence-electron chi connectivity index (χ3n) is 4.82. The van der Waals surface area contributed by atoms with E-state index in [1.807, 2.05) is 6.07 Å². The Balaban J connectivity index is 1.74. The van der Waals surface area contributed by atoms with Crippen molar-refractivity contribution in [3.63, 3.8) is 0 Å². The first-order valence-electron chi connectivity index (χ1n) is 8.67. The van der Waals surface area contributed by atoms with Crippen LogP contribution in [-0.2, 0) is 6.54 Å². The van der Waals surface area contributed by atoms with Gasteiger partial charge in [-0.15, -0.1) is 0 Å². The lowest BCUT2D eigenvalue weighted by Crippen LogP contribution is -2.29. The topological polar surface area (TPSA) is 26.7 Å². The monoisotopic (exact) mass is 322 g/mol. The van der Waals surface area contributed by atoms with Gasteiger partial charge in [-0.05, 0) is 57.2 Å². The molecule has 22 heavy (non-hydrogen) atoms. The van der Waals surface area contributed by atoms with Gasteiger partial charge in [0, 0.05) is 48.6 Å². The summed E-state index contributed by atoms with van der Waals surface area (Å²) in [5, 5.41) is 9.91. The van der Waals surface area contributed by atoms with E-state index in [-0.39, 0.29) is 0 Å². The molecule has 2 fully saturated rings. The van der Waals surface area contributed by atoms with Crippen LogP contribution in [0.3, 0.4) is 0 Å². The van der Waals surface area contributed by atoms with Crippen LogP contribution < -0.4 is 4.90 Å². The first-order valence-corrected chi connectivity index (χ1v) is 9.04. The van der Waals surface area contributed by atoms with Crippen LogP contribution in [0.2, 0.25) is 5.02 Å². The van der Waals surface area contributed by atoms with Gasteiger partial charge in [-0.3, -0.25) is 4.90 Å². The summed E-state index contributed by atoms with van der Waals surface area (Å²) in [5.41, 5.74) is 2.62. The molecule has 3 rings (SSSR count). The van der Waals surface area contributed by atoms with Gasteiger partial charge in [0.15, 0.2) is 0 Å². The van der Waals surface area contributed by atoms with Gasteiger partial charge in [0.1, 0.15) is 0 Å². The molecule has 2 aliphatic rings. The second kappa shape index (κ2) is 7.67. The van der Waals surface area contributed by atoms with Gasteiger partial charge in [-0.1, -0.05) is 17.7 Å². The minimum absolute atomic E-state index is 0.295. The molecule has 3 nitrogen and oxygen atoms in total. The zero-order chi connectivity index (χ0) is 15.4. The maximum absolute atomic E-state index is 9.01. The molecule has 1 saturated heterocycles. The van der Waals surface area contributed by atoms with Crippen LogP contribution in [0, 0.1) is 0 Å². The molecule has 1 aliphatic heterocycles. The molecule has 0 aromatic heterocycles. The van der Waals surface area contributed by atoms with Crippen LogP contribution in [-0.4, -0.2) is 42.3 Å². The van der Waals surface area contributed by atoms with Crippen LogP contribution in [0.25, 0.3) is 0 Å². The molecule has 0 radical (unpaired) electrons. The molecule has 1 aromatic carbocycles. The van der Waals surface area contributed by atoms with Gasteiger partial charge in [-0.2, -0.15) is 0 Å². The molecule has 4 heteroatoms. The Kier molecular flexibility index (Phi) is 5.61. The zero-order valence-electron chi connectivity index (χ0n) is 13.3. The third kappa shape index (κ3) is 3.95. The minimum atomic E-state index is 0.295. The van der Waals surface area contributed by atoms with Gasteiger partial charge in [-0.25, -0.2) is 0 Å². The predicted octanol–water partition coefficient (Wildman–Crippen LogP) is 3.68. The molecule has 0 amide bonds. The van der Waals surface area contributed by atoms with E-state index in [0.717, 1.165) is 50.1 Å². The van der Waals surface area contributed by atoms with Crippen LogP contribution in [0.5, 0.6) is 0 Å². The van der Waals surface area contributed by atoms with E-state index < -0.39 is 0 Å². The van der Waals surface area contributed by atoms with E-state index in [2.05, 4.69) is 21.9 Å². The van der Waals surface area contributed by atoms with E-state index in [1.165, 1.54) is 36.9 Å². The quantitative estimate of drug-likeness (QED) is 0.740. The molecule has 0 atom stereocenters. The second-order valence-electron chi connectivity index (χ2n) is 6.56. The van der Waals surface area contributed by atoms with Crippen molar-refractivity contribution < 1.29 is 5.11 Å². The summed E-state index contributed by atoms with van der Waals surface area (Å²) in [6.45, 7) is 4.61.